The lowest BCUT2D eigenvalue weighted by atomic mass is 10.1. The molecule has 3 rings (SSSR count). The zero-order valence-electron chi connectivity index (χ0n) is 12.7. The number of quaternary nitrogens is 1. The fourth-order valence-corrected chi connectivity index (χ4v) is 3.00. The van der Waals surface area contributed by atoms with E-state index in [1.165, 1.54) is 48.4 Å². The van der Waals surface area contributed by atoms with E-state index in [-0.39, 0.29) is 0 Å². The van der Waals surface area contributed by atoms with Crippen molar-refractivity contribution >= 4 is 12.2 Å². The highest BCUT2D eigenvalue weighted by atomic mass is 32.1. The van der Waals surface area contributed by atoms with Gasteiger partial charge in [-0.15, -0.1) is 5.10 Å². The zero-order valence-corrected chi connectivity index (χ0v) is 13.5. The third-order valence-electron chi connectivity index (χ3n) is 4.29. The van der Waals surface area contributed by atoms with Crippen molar-refractivity contribution in [3.63, 3.8) is 0 Å². The predicted molar refractivity (Wildman–Crippen MR) is 84.8 cm³/mol. The third-order valence-corrected chi connectivity index (χ3v) is 4.59. The molecule has 2 heterocycles. The molecule has 4 nitrogen and oxygen atoms in total. The van der Waals surface area contributed by atoms with E-state index in [1.54, 1.807) is 0 Å². The number of hydrogen-bond acceptors (Lipinski definition) is 3. The summed E-state index contributed by atoms with van der Waals surface area (Å²) in [6.07, 6.45) is 3.94. The van der Waals surface area contributed by atoms with Crippen LogP contribution in [0.5, 0.6) is 0 Å². The molecule has 1 fully saturated rings. The van der Waals surface area contributed by atoms with Crippen molar-refractivity contribution in [2.24, 2.45) is 0 Å². The highest BCUT2D eigenvalue weighted by Crippen LogP contribution is 2.20. The third kappa shape index (κ3) is 3.24. The van der Waals surface area contributed by atoms with Gasteiger partial charge in [0.25, 0.3) is 4.84 Å². The molecule has 0 spiro atoms. The van der Waals surface area contributed by atoms with Crippen LogP contribution in [0.1, 0.15) is 30.4 Å². The second-order valence-corrected chi connectivity index (χ2v) is 6.29. The molecule has 0 aliphatic carbocycles. The molecule has 1 aromatic carbocycles. The molecule has 5 heteroatoms. The minimum Gasteiger partial charge on any atom is -0.409 e. The van der Waals surface area contributed by atoms with E-state index in [0.29, 0.717) is 10.7 Å². The molecule has 0 atom stereocenters. The second kappa shape index (κ2) is 6.12. The smallest absolute Gasteiger partial charge is 0.292 e. The van der Waals surface area contributed by atoms with E-state index in [9.17, 15) is 0 Å². The van der Waals surface area contributed by atoms with Crippen molar-refractivity contribution in [1.82, 2.24) is 9.78 Å². The van der Waals surface area contributed by atoms with Crippen molar-refractivity contribution in [3.05, 3.63) is 34.2 Å². The van der Waals surface area contributed by atoms with Gasteiger partial charge in [-0.3, -0.25) is 0 Å². The number of hydrogen-bond donors (Lipinski definition) is 1. The lowest BCUT2D eigenvalue weighted by Crippen LogP contribution is -3.12. The minimum absolute atomic E-state index is 0.473. The van der Waals surface area contributed by atoms with E-state index < -0.39 is 0 Å². The van der Waals surface area contributed by atoms with E-state index in [4.69, 9.17) is 16.6 Å². The van der Waals surface area contributed by atoms with E-state index in [2.05, 4.69) is 31.1 Å². The molecule has 1 saturated heterocycles. The fraction of sp³-hybridized carbons (Fsp3) is 0.500. The normalized spacial score (nSPS) is 16.3. The first kappa shape index (κ1) is 14.5. The fourth-order valence-electron chi connectivity index (χ4n) is 2.82. The van der Waals surface area contributed by atoms with Gasteiger partial charge in [-0.05, 0) is 68.6 Å². The van der Waals surface area contributed by atoms with Crippen LogP contribution in [0.25, 0.3) is 11.5 Å². The molecular formula is C16H22N3OS+. The first-order valence-electron chi connectivity index (χ1n) is 7.62. The summed E-state index contributed by atoms with van der Waals surface area (Å²) in [5, 5.41) is 4.57. The number of benzene rings is 1. The average Bonchev–Trinajstić information content (AvgIpc) is 2.84. The van der Waals surface area contributed by atoms with E-state index in [0.717, 1.165) is 12.2 Å². The average molecular weight is 304 g/mol. The summed E-state index contributed by atoms with van der Waals surface area (Å²) in [7, 11) is 0. The Balaban J connectivity index is 1.83. The molecular weight excluding hydrogens is 282 g/mol. The summed E-state index contributed by atoms with van der Waals surface area (Å²) >= 11 is 5.32. The number of aromatic nitrogens is 2. The van der Waals surface area contributed by atoms with Gasteiger partial charge in [-0.2, -0.15) is 4.68 Å². The van der Waals surface area contributed by atoms with Crippen LogP contribution in [0.15, 0.2) is 22.6 Å². The Morgan fingerprint density at radius 1 is 1.19 bits per heavy atom. The molecule has 112 valence electrons. The molecule has 0 unspecified atom stereocenters. The van der Waals surface area contributed by atoms with Gasteiger partial charge in [-0.25, -0.2) is 0 Å². The summed E-state index contributed by atoms with van der Waals surface area (Å²) in [5.74, 6) is 0.625. The summed E-state index contributed by atoms with van der Waals surface area (Å²) < 4.78 is 7.52. The van der Waals surface area contributed by atoms with Gasteiger partial charge in [0.15, 0.2) is 6.67 Å². The van der Waals surface area contributed by atoms with Crippen molar-refractivity contribution < 1.29 is 9.32 Å². The minimum atomic E-state index is 0.473. The van der Waals surface area contributed by atoms with Crippen molar-refractivity contribution in [1.29, 1.82) is 0 Å². The predicted octanol–water partition coefficient (Wildman–Crippen LogP) is 2.52. The summed E-state index contributed by atoms with van der Waals surface area (Å²) in [4.78, 5) is 2.01. The molecule has 2 aromatic rings. The molecule has 1 aliphatic heterocycles. The SMILES string of the molecule is Cc1ccc(-c2nn(C[NH+]3CCCCC3)c(=S)o2)cc1C. The molecule has 1 aliphatic rings. The van der Waals surface area contributed by atoms with Gasteiger partial charge in [0.1, 0.15) is 0 Å². The van der Waals surface area contributed by atoms with E-state index in [1.807, 2.05) is 10.7 Å². The second-order valence-electron chi connectivity index (χ2n) is 5.94. The van der Waals surface area contributed by atoms with Crippen LogP contribution >= 0.6 is 12.2 Å². The lowest BCUT2D eigenvalue weighted by molar-refractivity contribution is -0.928. The number of nitrogens with one attached hydrogen (secondary N) is 1. The maximum atomic E-state index is 5.69. The Hall–Kier alpha value is -1.46. The van der Waals surface area contributed by atoms with Crippen LogP contribution in [-0.2, 0) is 6.67 Å². The Kier molecular flexibility index (Phi) is 4.22. The first-order valence-corrected chi connectivity index (χ1v) is 8.03. The number of piperidine rings is 1. The Labute approximate surface area is 130 Å². The van der Waals surface area contributed by atoms with Crippen LogP contribution in [0.2, 0.25) is 0 Å². The Bertz CT molecular complexity index is 683. The Morgan fingerprint density at radius 3 is 2.67 bits per heavy atom. The van der Waals surface area contributed by atoms with Gasteiger partial charge in [0, 0.05) is 5.56 Å². The Morgan fingerprint density at radius 2 is 1.95 bits per heavy atom. The topological polar surface area (TPSA) is 35.4 Å². The van der Waals surface area contributed by atoms with Crippen LogP contribution in [0.4, 0.5) is 0 Å². The monoisotopic (exact) mass is 304 g/mol. The number of nitrogens with zero attached hydrogens (tertiary/aromatic N) is 2. The lowest BCUT2D eigenvalue weighted by Gasteiger charge is -2.22. The van der Waals surface area contributed by atoms with Crippen LogP contribution < -0.4 is 4.90 Å². The summed E-state index contributed by atoms with van der Waals surface area (Å²) in [6.45, 7) is 7.42. The van der Waals surface area contributed by atoms with Crippen molar-refractivity contribution in [2.75, 3.05) is 13.1 Å². The standard InChI is InChI=1S/C16H21N3OS/c1-12-6-7-14(10-13(12)2)15-17-19(16(21)20-15)11-18-8-4-3-5-9-18/h6-7,10H,3-5,8-9,11H2,1-2H3/p+1. The maximum Gasteiger partial charge on any atom is 0.292 e. The quantitative estimate of drug-likeness (QED) is 0.885. The van der Waals surface area contributed by atoms with E-state index >= 15 is 0 Å². The molecule has 0 bridgehead atoms. The number of rotatable bonds is 3. The van der Waals surface area contributed by atoms with Crippen LogP contribution in [0, 0.1) is 18.7 Å². The van der Waals surface area contributed by atoms with Gasteiger partial charge in [0.2, 0.25) is 5.89 Å². The van der Waals surface area contributed by atoms with Gasteiger partial charge in [0.05, 0.1) is 13.1 Å². The van der Waals surface area contributed by atoms with Crippen LogP contribution in [0.3, 0.4) is 0 Å². The number of likely N-dealkylation sites (tertiary alicyclic amines) is 1. The molecule has 1 aromatic heterocycles. The maximum absolute atomic E-state index is 5.69. The summed E-state index contributed by atoms with van der Waals surface area (Å²) in [6, 6.07) is 6.24. The molecule has 0 amide bonds. The highest BCUT2D eigenvalue weighted by molar-refractivity contribution is 7.71. The molecule has 0 saturated carbocycles. The van der Waals surface area contributed by atoms with Gasteiger partial charge in [-0.1, -0.05) is 6.07 Å². The first-order chi connectivity index (χ1) is 10.1. The summed E-state index contributed by atoms with van der Waals surface area (Å²) in [5.41, 5.74) is 3.51. The zero-order chi connectivity index (χ0) is 14.8. The van der Waals surface area contributed by atoms with Crippen molar-refractivity contribution in [2.45, 2.75) is 39.8 Å². The van der Waals surface area contributed by atoms with Crippen molar-refractivity contribution in [3.8, 4) is 11.5 Å². The largest absolute Gasteiger partial charge is 0.409 e. The highest BCUT2D eigenvalue weighted by Gasteiger charge is 2.17. The van der Waals surface area contributed by atoms with Gasteiger partial charge >= 0.3 is 0 Å². The van der Waals surface area contributed by atoms with Crippen LogP contribution in [-0.4, -0.2) is 22.9 Å². The number of aryl methyl sites for hydroxylation is 2. The molecule has 0 radical (unpaired) electrons. The molecule has 21 heavy (non-hydrogen) atoms. The van der Waals surface area contributed by atoms with Gasteiger partial charge < -0.3 is 9.32 Å². The molecule has 1 N–H and O–H groups in total.